The molecule has 2 aliphatic heterocycles. The van der Waals surface area contributed by atoms with Gasteiger partial charge in [-0.25, -0.2) is 0 Å². The zero-order valence-corrected chi connectivity index (χ0v) is 21.2. The average molecular weight is 485 g/mol. The average Bonchev–Trinajstić information content (AvgIpc) is 3.43. The van der Waals surface area contributed by atoms with Gasteiger partial charge in [0.2, 0.25) is 0 Å². The Morgan fingerprint density at radius 2 is 1.85 bits per heavy atom. The number of unbranched alkanes of at least 4 members (excludes halogenated alkanes) is 1. The van der Waals surface area contributed by atoms with Crippen molar-refractivity contribution in [2.45, 2.75) is 84.2 Å². The summed E-state index contributed by atoms with van der Waals surface area (Å²) in [6, 6.07) is 2.32. The van der Waals surface area contributed by atoms with E-state index in [0.717, 1.165) is 75.8 Å². The predicted molar refractivity (Wildman–Crippen MR) is 138 cm³/mol. The van der Waals surface area contributed by atoms with Gasteiger partial charge in [0.25, 0.3) is 11.5 Å². The molecule has 2 saturated heterocycles. The Labute approximate surface area is 205 Å². The SMILES string of the molecule is CCCCn1c(N2CCCC2)c(/C=C2\SC(=S)N(C3CCCCC3)C2=O)c(C)c(C#N)c1=O. The Morgan fingerprint density at radius 3 is 2.48 bits per heavy atom. The molecule has 8 heteroatoms. The molecule has 4 rings (SSSR count). The number of nitrogens with zero attached hydrogens (tertiary/aromatic N) is 4. The smallest absolute Gasteiger partial charge is 0.270 e. The topological polar surface area (TPSA) is 69.3 Å². The summed E-state index contributed by atoms with van der Waals surface area (Å²) in [5.41, 5.74) is 1.41. The van der Waals surface area contributed by atoms with E-state index in [1.807, 2.05) is 17.9 Å². The van der Waals surface area contributed by atoms with Crippen LogP contribution < -0.4 is 10.5 Å². The Hall–Kier alpha value is -2.11. The fourth-order valence-corrected chi connectivity index (χ4v) is 6.58. The van der Waals surface area contributed by atoms with Crippen molar-refractivity contribution in [1.82, 2.24) is 9.47 Å². The number of aromatic nitrogens is 1. The first-order chi connectivity index (χ1) is 16.0. The van der Waals surface area contributed by atoms with Crippen LogP contribution in [0.15, 0.2) is 9.70 Å². The standard InChI is InChI=1S/C25H32N4O2S2/c1-3-4-14-28-22(27-12-8-9-13-27)19(17(2)20(16-26)23(28)30)15-21-24(31)29(25(32)33-21)18-10-6-5-7-11-18/h15,18H,3-14H2,1-2H3/b21-15-. The van der Waals surface area contributed by atoms with Gasteiger partial charge in [0.15, 0.2) is 0 Å². The lowest BCUT2D eigenvalue weighted by Gasteiger charge is -2.30. The Morgan fingerprint density at radius 1 is 1.15 bits per heavy atom. The van der Waals surface area contributed by atoms with Crippen LogP contribution in [0.25, 0.3) is 6.08 Å². The molecule has 1 saturated carbocycles. The van der Waals surface area contributed by atoms with Crippen LogP contribution in [0.1, 0.15) is 81.4 Å². The summed E-state index contributed by atoms with van der Waals surface area (Å²) in [5.74, 6) is 0.818. The molecule has 3 aliphatic rings. The van der Waals surface area contributed by atoms with Crippen molar-refractivity contribution in [1.29, 1.82) is 5.26 Å². The molecular weight excluding hydrogens is 452 g/mol. The molecule has 0 bridgehead atoms. The molecule has 6 nitrogen and oxygen atoms in total. The highest BCUT2D eigenvalue weighted by molar-refractivity contribution is 8.26. The second kappa shape index (κ2) is 10.4. The first kappa shape index (κ1) is 24.0. The summed E-state index contributed by atoms with van der Waals surface area (Å²) in [4.78, 5) is 31.4. The summed E-state index contributed by atoms with van der Waals surface area (Å²) >= 11 is 6.98. The van der Waals surface area contributed by atoms with Crippen LogP contribution in [0.3, 0.4) is 0 Å². The lowest BCUT2D eigenvalue weighted by Crippen LogP contribution is -2.39. The minimum Gasteiger partial charge on any atom is -0.357 e. The predicted octanol–water partition coefficient (Wildman–Crippen LogP) is 4.96. The largest absolute Gasteiger partial charge is 0.357 e. The van der Waals surface area contributed by atoms with Crippen molar-refractivity contribution in [2.24, 2.45) is 0 Å². The number of amides is 1. The lowest BCUT2D eigenvalue weighted by atomic mass is 9.94. The highest BCUT2D eigenvalue weighted by Gasteiger charge is 2.38. The third-order valence-electron chi connectivity index (χ3n) is 7.03. The number of rotatable bonds is 6. The van der Waals surface area contributed by atoms with Crippen molar-refractivity contribution < 1.29 is 4.79 Å². The molecule has 1 aromatic heterocycles. The van der Waals surface area contributed by atoms with Crippen molar-refractivity contribution in [3.05, 3.63) is 31.9 Å². The van der Waals surface area contributed by atoms with E-state index in [0.29, 0.717) is 21.3 Å². The molecule has 3 heterocycles. The number of anilines is 1. The molecule has 1 aliphatic carbocycles. The van der Waals surface area contributed by atoms with E-state index < -0.39 is 0 Å². The monoisotopic (exact) mass is 484 g/mol. The van der Waals surface area contributed by atoms with E-state index >= 15 is 0 Å². The van der Waals surface area contributed by atoms with Gasteiger partial charge in [0.1, 0.15) is 21.8 Å². The summed E-state index contributed by atoms with van der Waals surface area (Å²) < 4.78 is 2.40. The zero-order valence-electron chi connectivity index (χ0n) is 19.6. The highest BCUT2D eigenvalue weighted by atomic mass is 32.2. The van der Waals surface area contributed by atoms with Gasteiger partial charge in [0, 0.05) is 31.2 Å². The number of thioether (sulfide) groups is 1. The Bertz CT molecular complexity index is 1070. The van der Waals surface area contributed by atoms with Crippen LogP contribution in [0, 0.1) is 18.3 Å². The number of nitriles is 1. The maximum absolute atomic E-state index is 13.4. The number of pyridine rings is 1. The molecule has 176 valence electrons. The normalized spacial score (nSPS) is 20.8. The molecule has 3 fully saturated rings. The summed E-state index contributed by atoms with van der Waals surface area (Å²) in [7, 11) is 0. The van der Waals surface area contributed by atoms with Crippen LogP contribution >= 0.6 is 24.0 Å². The third kappa shape index (κ3) is 4.63. The van der Waals surface area contributed by atoms with E-state index in [1.165, 1.54) is 18.2 Å². The number of thiocarbonyl (C=S) groups is 1. The molecule has 0 unspecified atom stereocenters. The van der Waals surface area contributed by atoms with Gasteiger partial charge < -0.3 is 4.90 Å². The fraction of sp³-hybridized carbons (Fsp3) is 0.600. The van der Waals surface area contributed by atoms with Crippen LogP contribution in [0.4, 0.5) is 5.82 Å². The first-order valence-electron chi connectivity index (χ1n) is 12.2. The molecule has 1 aromatic rings. The Kier molecular flexibility index (Phi) is 7.60. The van der Waals surface area contributed by atoms with Gasteiger partial charge in [-0.1, -0.05) is 56.6 Å². The number of hydrogen-bond acceptors (Lipinski definition) is 6. The lowest BCUT2D eigenvalue weighted by molar-refractivity contribution is -0.124. The van der Waals surface area contributed by atoms with Crippen molar-refractivity contribution in [3.63, 3.8) is 0 Å². The number of hydrogen-bond donors (Lipinski definition) is 0. The maximum Gasteiger partial charge on any atom is 0.270 e. The van der Waals surface area contributed by atoms with Gasteiger partial charge in [-0.2, -0.15) is 5.26 Å². The van der Waals surface area contributed by atoms with Crippen molar-refractivity contribution in [2.75, 3.05) is 18.0 Å². The molecule has 0 aromatic carbocycles. The molecule has 0 radical (unpaired) electrons. The highest BCUT2D eigenvalue weighted by Crippen LogP contribution is 2.39. The van der Waals surface area contributed by atoms with Crippen LogP contribution in [-0.4, -0.2) is 38.8 Å². The number of carbonyl (C=O) groups excluding carboxylic acids is 1. The quantitative estimate of drug-likeness (QED) is 0.420. The van der Waals surface area contributed by atoms with Crippen LogP contribution in [-0.2, 0) is 11.3 Å². The van der Waals surface area contributed by atoms with Gasteiger partial charge in [-0.05, 0) is 50.7 Å². The number of carbonyl (C=O) groups is 1. The fourth-order valence-electron chi connectivity index (χ4n) is 5.20. The molecule has 1 amide bonds. The van der Waals surface area contributed by atoms with Crippen LogP contribution in [0.5, 0.6) is 0 Å². The minimum atomic E-state index is -0.225. The maximum atomic E-state index is 13.4. The van der Waals surface area contributed by atoms with E-state index in [1.54, 1.807) is 4.57 Å². The van der Waals surface area contributed by atoms with Crippen LogP contribution in [0.2, 0.25) is 0 Å². The van der Waals surface area contributed by atoms with Gasteiger partial charge >= 0.3 is 0 Å². The molecule has 0 N–H and O–H groups in total. The van der Waals surface area contributed by atoms with Gasteiger partial charge in [-0.15, -0.1) is 0 Å². The Balaban J connectivity index is 1.83. The summed E-state index contributed by atoms with van der Waals surface area (Å²) in [6.07, 6.45) is 11.3. The molecule has 33 heavy (non-hydrogen) atoms. The van der Waals surface area contributed by atoms with Crippen molar-refractivity contribution in [3.8, 4) is 6.07 Å². The first-order valence-corrected chi connectivity index (χ1v) is 13.4. The summed E-state index contributed by atoms with van der Waals surface area (Å²) in [5, 5.41) is 9.80. The van der Waals surface area contributed by atoms with E-state index in [9.17, 15) is 14.9 Å². The minimum absolute atomic E-state index is 0.0338. The van der Waals surface area contributed by atoms with E-state index in [2.05, 4.69) is 17.9 Å². The summed E-state index contributed by atoms with van der Waals surface area (Å²) in [6.45, 7) is 6.25. The molecular formula is C25H32N4O2S2. The second-order valence-corrected chi connectivity index (χ2v) is 10.9. The molecule has 0 atom stereocenters. The zero-order chi connectivity index (χ0) is 23.5. The van der Waals surface area contributed by atoms with Gasteiger partial charge in [0.05, 0.1) is 4.91 Å². The van der Waals surface area contributed by atoms with E-state index in [4.69, 9.17) is 12.2 Å². The van der Waals surface area contributed by atoms with Crippen molar-refractivity contribution >= 4 is 46.1 Å². The molecule has 0 spiro atoms. The van der Waals surface area contributed by atoms with E-state index in [-0.39, 0.29) is 23.1 Å². The third-order valence-corrected chi connectivity index (χ3v) is 8.36. The van der Waals surface area contributed by atoms with Gasteiger partial charge in [-0.3, -0.25) is 19.1 Å². The second-order valence-electron chi connectivity index (χ2n) is 9.20.